The number of benzene rings is 1. The van der Waals surface area contributed by atoms with Crippen LogP contribution in [0.5, 0.6) is 0 Å². The van der Waals surface area contributed by atoms with Gasteiger partial charge in [-0.05, 0) is 25.0 Å². The first-order chi connectivity index (χ1) is 9.79. The SMILES string of the molecule is COC(=O)C1CCCN1c1cnn(-c2ccccc2)c1. The fourth-order valence-corrected chi connectivity index (χ4v) is 2.64. The maximum atomic E-state index is 11.8. The van der Waals surface area contributed by atoms with Gasteiger partial charge in [0.05, 0.1) is 30.9 Å². The number of rotatable bonds is 3. The summed E-state index contributed by atoms with van der Waals surface area (Å²) in [5, 5.41) is 4.37. The molecule has 0 aliphatic carbocycles. The maximum absolute atomic E-state index is 11.8. The zero-order valence-electron chi connectivity index (χ0n) is 11.4. The Kier molecular flexibility index (Phi) is 3.41. The number of para-hydroxylation sites is 1. The van der Waals surface area contributed by atoms with E-state index in [1.54, 1.807) is 6.20 Å². The molecule has 104 valence electrons. The number of hydrogen-bond acceptors (Lipinski definition) is 4. The minimum Gasteiger partial charge on any atom is -0.467 e. The van der Waals surface area contributed by atoms with E-state index >= 15 is 0 Å². The maximum Gasteiger partial charge on any atom is 0.328 e. The Labute approximate surface area is 117 Å². The number of nitrogens with zero attached hydrogens (tertiary/aromatic N) is 3. The van der Waals surface area contributed by atoms with E-state index in [2.05, 4.69) is 10.00 Å². The van der Waals surface area contributed by atoms with Crippen LogP contribution >= 0.6 is 0 Å². The predicted octanol–water partition coefficient (Wildman–Crippen LogP) is 2.01. The number of methoxy groups -OCH3 is 1. The van der Waals surface area contributed by atoms with Crippen molar-refractivity contribution in [1.82, 2.24) is 9.78 Å². The average molecular weight is 271 g/mol. The molecule has 1 aromatic heterocycles. The fourth-order valence-electron chi connectivity index (χ4n) is 2.64. The molecule has 0 amide bonds. The number of esters is 1. The molecule has 0 bridgehead atoms. The van der Waals surface area contributed by atoms with E-state index in [1.807, 2.05) is 41.2 Å². The van der Waals surface area contributed by atoms with Crippen molar-refractivity contribution in [3.05, 3.63) is 42.7 Å². The highest BCUT2D eigenvalue weighted by atomic mass is 16.5. The lowest BCUT2D eigenvalue weighted by Gasteiger charge is -2.22. The molecule has 1 unspecified atom stereocenters. The molecular formula is C15H17N3O2. The summed E-state index contributed by atoms with van der Waals surface area (Å²) in [5.74, 6) is -0.171. The lowest BCUT2D eigenvalue weighted by atomic mass is 10.2. The standard InChI is InChI=1S/C15H17N3O2/c1-20-15(19)14-8-5-9-17(14)13-10-16-18(11-13)12-6-3-2-4-7-12/h2-4,6-7,10-11,14H,5,8-9H2,1H3. The highest BCUT2D eigenvalue weighted by Crippen LogP contribution is 2.26. The Morgan fingerprint density at radius 3 is 2.85 bits per heavy atom. The van der Waals surface area contributed by atoms with Crippen molar-refractivity contribution < 1.29 is 9.53 Å². The van der Waals surface area contributed by atoms with Crippen molar-refractivity contribution in [3.63, 3.8) is 0 Å². The first kappa shape index (κ1) is 12.7. The fraction of sp³-hybridized carbons (Fsp3) is 0.333. The number of anilines is 1. The zero-order valence-corrected chi connectivity index (χ0v) is 11.4. The molecule has 5 heteroatoms. The monoisotopic (exact) mass is 271 g/mol. The van der Waals surface area contributed by atoms with Gasteiger partial charge < -0.3 is 9.64 Å². The minimum absolute atomic E-state index is 0.171. The quantitative estimate of drug-likeness (QED) is 0.801. The van der Waals surface area contributed by atoms with E-state index < -0.39 is 0 Å². The Bertz CT molecular complexity index is 594. The van der Waals surface area contributed by atoms with Crippen LogP contribution in [0, 0.1) is 0 Å². The smallest absolute Gasteiger partial charge is 0.328 e. The van der Waals surface area contributed by atoms with Crippen LogP contribution in [0.15, 0.2) is 42.7 Å². The average Bonchev–Trinajstić information content (AvgIpc) is 3.15. The van der Waals surface area contributed by atoms with Gasteiger partial charge in [0.2, 0.25) is 0 Å². The van der Waals surface area contributed by atoms with E-state index in [1.165, 1.54) is 7.11 Å². The van der Waals surface area contributed by atoms with Gasteiger partial charge in [0.25, 0.3) is 0 Å². The van der Waals surface area contributed by atoms with E-state index in [-0.39, 0.29) is 12.0 Å². The summed E-state index contributed by atoms with van der Waals surface area (Å²) in [4.78, 5) is 13.9. The topological polar surface area (TPSA) is 47.4 Å². The molecule has 1 aliphatic heterocycles. The third-order valence-corrected chi connectivity index (χ3v) is 3.65. The summed E-state index contributed by atoms with van der Waals surface area (Å²) < 4.78 is 6.69. The van der Waals surface area contributed by atoms with Gasteiger partial charge in [-0.25, -0.2) is 9.48 Å². The van der Waals surface area contributed by atoms with Crippen LogP contribution in [0.2, 0.25) is 0 Å². The molecule has 0 N–H and O–H groups in total. The van der Waals surface area contributed by atoms with Crippen molar-refractivity contribution in [2.75, 3.05) is 18.6 Å². The molecule has 3 rings (SSSR count). The van der Waals surface area contributed by atoms with Crippen molar-refractivity contribution in [3.8, 4) is 5.69 Å². The third-order valence-electron chi connectivity index (χ3n) is 3.65. The van der Waals surface area contributed by atoms with Gasteiger partial charge in [0, 0.05) is 6.54 Å². The molecule has 20 heavy (non-hydrogen) atoms. The largest absolute Gasteiger partial charge is 0.467 e. The lowest BCUT2D eigenvalue weighted by molar-refractivity contribution is -0.141. The van der Waals surface area contributed by atoms with Gasteiger partial charge in [-0.15, -0.1) is 0 Å². The minimum atomic E-state index is -0.187. The van der Waals surface area contributed by atoms with Gasteiger partial charge in [-0.1, -0.05) is 18.2 Å². The Hall–Kier alpha value is -2.30. The van der Waals surface area contributed by atoms with Crippen LogP contribution in [0.4, 0.5) is 5.69 Å². The van der Waals surface area contributed by atoms with Crippen LogP contribution in [0.3, 0.4) is 0 Å². The highest BCUT2D eigenvalue weighted by Gasteiger charge is 2.32. The van der Waals surface area contributed by atoms with Crippen molar-refractivity contribution in [1.29, 1.82) is 0 Å². The third kappa shape index (κ3) is 2.27. The second kappa shape index (κ2) is 5.36. The lowest BCUT2D eigenvalue weighted by Crippen LogP contribution is -2.36. The Morgan fingerprint density at radius 2 is 2.10 bits per heavy atom. The molecule has 0 radical (unpaired) electrons. The van der Waals surface area contributed by atoms with Crippen molar-refractivity contribution in [2.45, 2.75) is 18.9 Å². The van der Waals surface area contributed by atoms with Gasteiger partial charge in [-0.2, -0.15) is 5.10 Å². The van der Waals surface area contributed by atoms with Gasteiger partial charge >= 0.3 is 5.97 Å². The summed E-state index contributed by atoms with van der Waals surface area (Å²) in [6.07, 6.45) is 5.59. The Balaban J connectivity index is 1.85. The van der Waals surface area contributed by atoms with Crippen molar-refractivity contribution in [2.24, 2.45) is 0 Å². The molecule has 2 heterocycles. The number of hydrogen-bond donors (Lipinski definition) is 0. The van der Waals surface area contributed by atoms with Crippen molar-refractivity contribution >= 4 is 11.7 Å². The normalized spacial score (nSPS) is 18.2. The molecule has 1 aromatic carbocycles. The molecule has 1 atom stereocenters. The summed E-state index contributed by atoms with van der Waals surface area (Å²) in [5.41, 5.74) is 1.97. The van der Waals surface area contributed by atoms with E-state index in [0.717, 1.165) is 30.8 Å². The summed E-state index contributed by atoms with van der Waals surface area (Å²) in [6, 6.07) is 9.74. The number of aromatic nitrogens is 2. The second-order valence-electron chi connectivity index (χ2n) is 4.85. The molecule has 0 spiro atoms. The van der Waals surface area contributed by atoms with Gasteiger partial charge in [-0.3, -0.25) is 0 Å². The van der Waals surface area contributed by atoms with Crippen LogP contribution in [-0.4, -0.2) is 35.4 Å². The zero-order chi connectivity index (χ0) is 13.9. The van der Waals surface area contributed by atoms with E-state index in [4.69, 9.17) is 4.74 Å². The Morgan fingerprint density at radius 1 is 1.30 bits per heavy atom. The first-order valence-electron chi connectivity index (χ1n) is 6.74. The van der Waals surface area contributed by atoms with Crippen LogP contribution < -0.4 is 4.90 Å². The molecular weight excluding hydrogens is 254 g/mol. The molecule has 1 aliphatic rings. The van der Waals surface area contributed by atoms with E-state index in [0.29, 0.717) is 0 Å². The molecule has 5 nitrogen and oxygen atoms in total. The number of carbonyl (C=O) groups excluding carboxylic acids is 1. The summed E-state index contributed by atoms with van der Waals surface area (Å²) in [7, 11) is 1.44. The number of ether oxygens (including phenoxy) is 1. The molecule has 1 fully saturated rings. The highest BCUT2D eigenvalue weighted by molar-refractivity contribution is 5.80. The van der Waals surface area contributed by atoms with Crippen LogP contribution in [0.1, 0.15) is 12.8 Å². The second-order valence-corrected chi connectivity index (χ2v) is 4.85. The molecule has 1 saturated heterocycles. The summed E-state index contributed by atoms with van der Waals surface area (Å²) >= 11 is 0. The summed E-state index contributed by atoms with van der Waals surface area (Å²) in [6.45, 7) is 0.861. The van der Waals surface area contributed by atoms with E-state index in [9.17, 15) is 4.79 Å². The van der Waals surface area contributed by atoms with Gasteiger partial charge in [0.1, 0.15) is 6.04 Å². The predicted molar refractivity (Wildman–Crippen MR) is 75.9 cm³/mol. The molecule has 0 saturated carbocycles. The van der Waals surface area contributed by atoms with Gasteiger partial charge in [0.15, 0.2) is 0 Å². The number of carbonyl (C=O) groups is 1. The van der Waals surface area contributed by atoms with Crippen LogP contribution in [-0.2, 0) is 9.53 Å². The first-order valence-corrected chi connectivity index (χ1v) is 6.74. The molecule has 2 aromatic rings. The van der Waals surface area contributed by atoms with Crippen LogP contribution in [0.25, 0.3) is 5.69 Å².